The highest BCUT2D eigenvalue weighted by Gasteiger charge is 2.23. The fourth-order valence-corrected chi connectivity index (χ4v) is 3.66. The summed E-state index contributed by atoms with van der Waals surface area (Å²) < 4.78 is 38.0. The number of hydrogen-bond acceptors (Lipinski definition) is 9. The number of benzene rings is 2. The zero-order valence-corrected chi connectivity index (χ0v) is 18.3. The third-order valence-electron chi connectivity index (χ3n) is 4.20. The molecule has 0 radical (unpaired) electrons. The molecule has 1 heterocycles. The van der Waals surface area contributed by atoms with E-state index in [1.807, 2.05) is 20.8 Å². The van der Waals surface area contributed by atoms with Crippen molar-refractivity contribution < 1.29 is 27.4 Å². The molecule has 1 N–H and O–H groups in total. The summed E-state index contributed by atoms with van der Waals surface area (Å²) in [6.07, 6.45) is 0. The number of ether oxygens (including phenoxy) is 1. The molecule has 0 unspecified atom stereocenters. The summed E-state index contributed by atoms with van der Waals surface area (Å²) in [6.45, 7) is 5.40. The minimum absolute atomic E-state index is 0.0510. The summed E-state index contributed by atoms with van der Waals surface area (Å²) in [7, 11) is -4.21. The highest BCUT2D eigenvalue weighted by Crippen LogP contribution is 2.24. The number of non-ortho nitro benzene ring substituents is 1. The standard InChI is InChI=1S/C20H20N4O7S/c1-20(2,3)19-21-17(31-22-19)12-30-18(25)15-9-4-5-10-16(15)23-32(28,29)14-8-6-7-13(11-14)24(26)27/h4-11,23H,12H2,1-3H3. The van der Waals surface area contributed by atoms with Gasteiger partial charge in [0, 0.05) is 17.5 Å². The van der Waals surface area contributed by atoms with Gasteiger partial charge in [0.15, 0.2) is 12.4 Å². The molecule has 12 heteroatoms. The lowest BCUT2D eigenvalue weighted by molar-refractivity contribution is -0.385. The van der Waals surface area contributed by atoms with E-state index >= 15 is 0 Å². The van der Waals surface area contributed by atoms with Gasteiger partial charge in [-0.25, -0.2) is 13.2 Å². The Morgan fingerprint density at radius 2 is 1.91 bits per heavy atom. The van der Waals surface area contributed by atoms with Crippen LogP contribution in [0.25, 0.3) is 0 Å². The first-order valence-corrected chi connectivity index (χ1v) is 10.8. The Kier molecular flexibility index (Phi) is 6.25. The molecule has 3 rings (SSSR count). The molecule has 3 aromatic rings. The lowest BCUT2D eigenvalue weighted by atomic mass is 9.96. The van der Waals surface area contributed by atoms with Crippen molar-refractivity contribution in [1.82, 2.24) is 10.1 Å². The number of nitro groups is 1. The van der Waals surface area contributed by atoms with E-state index < -0.39 is 20.9 Å². The Morgan fingerprint density at radius 3 is 2.56 bits per heavy atom. The predicted molar refractivity (Wildman–Crippen MR) is 112 cm³/mol. The molecule has 0 spiro atoms. The third kappa shape index (κ3) is 5.27. The number of esters is 1. The van der Waals surface area contributed by atoms with E-state index in [0.29, 0.717) is 5.82 Å². The highest BCUT2D eigenvalue weighted by atomic mass is 32.2. The number of aromatic nitrogens is 2. The Labute approximate surface area is 183 Å². The summed E-state index contributed by atoms with van der Waals surface area (Å²) in [6, 6.07) is 10.4. The first-order valence-electron chi connectivity index (χ1n) is 9.34. The van der Waals surface area contributed by atoms with Crippen LogP contribution in [0.3, 0.4) is 0 Å². The van der Waals surface area contributed by atoms with Gasteiger partial charge in [-0.15, -0.1) is 0 Å². The SMILES string of the molecule is CC(C)(C)c1noc(COC(=O)c2ccccc2NS(=O)(=O)c2cccc([N+](=O)[O-])c2)n1. The van der Waals surface area contributed by atoms with Crippen LogP contribution in [-0.2, 0) is 26.8 Å². The molecule has 2 aromatic carbocycles. The van der Waals surface area contributed by atoms with E-state index in [-0.39, 0.29) is 39.7 Å². The molecule has 0 saturated heterocycles. The highest BCUT2D eigenvalue weighted by molar-refractivity contribution is 7.92. The van der Waals surface area contributed by atoms with E-state index in [2.05, 4.69) is 14.9 Å². The molecule has 0 amide bonds. The number of sulfonamides is 1. The molecular formula is C20H20N4O7S. The van der Waals surface area contributed by atoms with Crippen molar-refractivity contribution in [1.29, 1.82) is 0 Å². The molecule has 11 nitrogen and oxygen atoms in total. The van der Waals surface area contributed by atoms with Gasteiger partial charge in [-0.05, 0) is 18.2 Å². The molecule has 0 aliphatic heterocycles. The molecule has 0 aliphatic rings. The summed E-state index contributed by atoms with van der Waals surface area (Å²) >= 11 is 0. The Balaban J connectivity index is 1.78. The number of anilines is 1. The van der Waals surface area contributed by atoms with Crippen LogP contribution < -0.4 is 4.72 Å². The van der Waals surface area contributed by atoms with Crippen LogP contribution in [0.4, 0.5) is 11.4 Å². The molecule has 32 heavy (non-hydrogen) atoms. The minimum atomic E-state index is -4.21. The normalized spacial score (nSPS) is 11.7. The zero-order valence-electron chi connectivity index (χ0n) is 17.4. The molecule has 168 valence electrons. The van der Waals surface area contributed by atoms with Gasteiger partial charge in [-0.2, -0.15) is 4.98 Å². The van der Waals surface area contributed by atoms with Crippen molar-refractivity contribution in [3.63, 3.8) is 0 Å². The first kappa shape index (κ1) is 22.9. The molecule has 0 atom stereocenters. The number of nitro benzene ring substituents is 1. The van der Waals surface area contributed by atoms with Crippen LogP contribution in [0.15, 0.2) is 57.9 Å². The lowest BCUT2D eigenvalue weighted by Gasteiger charge is -2.12. The Hall–Kier alpha value is -3.80. The molecule has 0 fully saturated rings. The molecule has 0 saturated carbocycles. The van der Waals surface area contributed by atoms with Crippen LogP contribution in [0.1, 0.15) is 42.8 Å². The Morgan fingerprint density at radius 1 is 1.19 bits per heavy atom. The Bertz CT molecular complexity index is 1260. The van der Waals surface area contributed by atoms with E-state index in [0.717, 1.165) is 6.07 Å². The number of rotatable bonds is 7. The summed E-state index contributed by atoms with van der Waals surface area (Å²) in [5.74, 6) is -0.274. The quantitative estimate of drug-likeness (QED) is 0.317. The number of nitrogens with one attached hydrogen (secondary N) is 1. The van der Waals surface area contributed by atoms with Crippen molar-refractivity contribution in [2.75, 3.05) is 4.72 Å². The number of carbonyl (C=O) groups excluding carboxylic acids is 1. The second-order valence-corrected chi connectivity index (χ2v) is 9.43. The van der Waals surface area contributed by atoms with Gasteiger partial charge in [0.2, 0.25) is 0 Å². The van der Waals surface area contributed by atoms with Gasteiger partial charge in [-0.3, -0.25) is 14.8 Å². The number of carbonyl (C=O) groups is 1. The number of para-hydroxylation sites is 1. The van der Waals surface area contributed by atoms with Gasteiger partial charge >= 0.3 is 5.97 Å². The molecule has 0 aliphatic carbocycles. The van der Waals surface area contributed by atoms with Crippen LogP contribution >= 0.6 is 0 Å². The van der Waals surface area contributed by atoms with Crippen molar-refractivity contribution in [2.45, 2.75) is 37.7 Å². The second-order valence-electron chi connectivity index (χ2n) is 7.74. The van der Waals surface area contributed by atoms with Gasteiger partial charge in [0.1, 0.15) is 0 Å². The summed E-state index contributed by atoms with van der Waals surface area (Å²) in [5.41, 5.74) is -0.833. The van der Waals surface area contributed by atoms with Crippen LogP contribution in [-0.4, -0.2) is 29.5 Å². The zero-order chi connectivity index (χ0) is 23.5. The van der Waals surface area contributed by atoms with Crippen LogP contribution in [0, 0.1) is 10.1 Å². The lowest BCUT2D eigenvalue weighted by Crippen LogP contribution is -2.17. The number of nitrogens with zero attached hydrogens (tertiary/aromatic N) is 3. The van der Waals surface area contributed by atoms with E-state index in [4.69, 9.17) is 9.26 Å². The topological polar surface area (TPSA) is 155 Å². The monoisotopic (exact) mass is 460 g/mol. The molecular weight excluding hydrogens is 440 g/mol. The minimum Gasteiger partial charge on any atom is -0.452 e. The van der Waals surface area contributed by atoms with E-state index in [9.17, 15) is 23.3 Å². The largest absolute Gasteiger partial charge is 0.452 e. The van der Waals surface area contributed by atoms with Crippen molar-refractivity contribution in [3.05, 3.63) is 75.9 Å². The predicted octanol–water partition coefficient (Wildman–Crippen LogP) is 3.43. The average molecular weight is 460 g/mol. The van der Waals surface area contributed by atoms with Gasteiger partial charge in [0.25, 0.3) is 21.6 Å². The second kappa shape index (κ2) is 8.75. The van der Waals surface area contributed by atoms with Crippen molar-refractivity contribution >= 4 is 27.4 Å². The molecule has 1 aromatic heterocycles. The van der Waals surface area contributed by atoms with Gasteiger partial charge in [-0.1, -0.05) is 44.1 Å². The maximum absolute atomic E-state index is 12.7. The molecule has 0 bridgehead atoms. The fraction of sp³-hybridized carbons (Fsp3) is 0.250. The van der Waals surface area contributed by atoms with Crippen molar-refractivity contribution in [3.8, 4) is 0 Å². The third-order valence-corrected chi connectivity index (χ3v) is 5.56. The smallest absolute Gasteiger partial charge is 0.340 e. The van der Waals surface area contributed by atoms with Crippen LogP contribution in [0.2, 0.25) is 0 Å². The maximum Gasteiger partial charge on any atom is 0.340 e. The van der Waals surface area contributed by atoms with Gasteiger partial charge < -0.3 is 9.26 Å². The van der Waals surface area contributed by atoms with Gasteiger partial charge in [0.05, 0.1) is 21.1 Å². The summed E-state index contributed by atoms with van der Waals surface area (Å²) in [5, 5.41) is 14.8. The fourth-order valence-electron chi connectivity index (χ4n) is 2.54. The van der Waals surface area contributed by atoms with E-state index in [1.54, 1.807) is 0 Å². The maximum atomic E-state index is 12.7. The summed E-state index contributed by atoms with van der Waals surface area (Å²) in [4.78, 5) is 26.7. The van der Waals surface area contributed by atoms with Crippen LogP contribution in [0.5, 0.6) is 0 Å². The van der Waals surface area contributed by atoms with Crippen molar-refractivity contribution in [2.24, 2.45) is 0 Å². The number of hydrogen-bond donors (Lipinski definition) is 1. The van der Waals surface area contributed by atoms with E-state index in [1.165, 1.54) is 42.5 Å². The first-order chi connectivity index (χ1) is 15.0. The average Bonchev–Trinajstić information content (AvgIpc) is 3.22.